The zero-order valence-electron chi connectivity index (χ0n) is 9.35. The molecular weight excluding hydrogens is 194 g/mol. The van der Waals surface area contributed by atoms with E-state index in [-0.39, 0.29) is 0 Å². The molecule has 0 amide bonds. The van der Waals surface area contributed by atoms with Gasteiger partial charge in [-0.05, 0) is 32.9 Å². The maximum Gasteiger partial charge on any atom is 0.139 e. The number of nitrogens with two attached hydrogens (primary N) is 1. The lowest BCUT2D eigenvalue weighted by molar-refractivity contribution is 0.158. The Kier molecular flexibility index (Phi) is 5.42. The fraction of sp³-hybridized carbons (Fsp3) is 0.900. The van der Waals surface area contributed by atoms with Crippen molar-refractivity contribution in [3.05, 3.63) is 0 Å². The van der Waals surface area contributed by atoms with Gasteiger partial charge in [0.2, 0.25) is 0 Å². The minimum absolute atomic E-state index is 0.321. The second kappa shape index (κ2) is 6.63. The third kappa shape index (κ3) is 4.48. The van der Waals surface area contributed by atoms with Gasteiger partial charge in [0.1, 0.15) is 5.84 Å². The normalized spacial score (nSPS) is 22.5. The van der Waals surface area contributed by atoms with E-state index < -0.39 is 0 Å². The van der Waals surface area contributed by atoms with Crippen LogP contribution < -0.4 is 5.73 Å². The summed E-state index contributed by atoms with van der Waals surface area (Å²) in [5.74, 6) is 0.321. The maximum atomic E-state index is 8.35. The standard InChI is InChI=1S/C10H21N3O2/c1-13(9-5-7-15-8-9)6-3-2-4-10(11)12-14/h9,14H,2-8H2,1H3,(H2,11,12). The largest absolute Gasteiger partial charge is 0.409 e. The molecule has 1 saturated heterocycles. The van der Waals surface area contributed by atoms with Crippen molar-refractivity contribution in [3.8, 4) is 0 Å². The van der Waals surface area contributed by atoms with Gasteiger partial charge in [-0.15, -0.1) is 0 Å². The molecule has 88 valence electrons. The van der Waals surface area contributed by atoms with Gasteiger partial charge in [-0.1, -0.05) is 5.16 Å². The fourth-order valence-corrected chi connectivity index (χ4v) is 1.77. The molecule has 0 spiro atoms. The molecular formula is C10H21N3O2. The third-order valence-corrected chi connectivity index (χ3v) is 2.85. The van der Waals surface area contributed by atoms with Crippen LogP contribution in [0.5, 0.6) is 0 Å². The molecule has 0 aliphatic carbocycles. The van der Waals surface area contributed by atoms with E-state index in [1.165, 1.54) is 0 Å². The Labute approximate surface area is 90.9 Å². The van der Waals surface area contributed by atoms with Gasteiger partial charge in [-0.3, -0.25) is 0 Å². The van der Waals surface area contributed by atoms with Crippen LogP contribution in [0.25, 0.3) is 0 Å². The summed E-state index contributed by atoms with van der Waals surface area (Å²) in [6, 6.07) is 0.578. The van der Waals surface area contributed by atoms with Gasteiger partial charge in [-0.2, -0.15) is 0 Å². The van der Waals surface area contributed by atoms with Crippen LogP contribution in [-0.4, -0.2) is 48.8 Å². The van der Waals surface area contributed by atoms with Crippen LogP contribution in [-0.2, 0) is 4.74 Å². The first kappa shape index (κ1) is 12.3. The molecule has 1 aliphatic rings. The topological polar surface area (TPSA) is 71.1 Å². The predicted molar refractivity (Wildman–Crippen MR) is 59.1 cm³/mol. The number of rotatable bonds is 6. The molecule has 0 aromatic rings. The molecule has 5 nitrogen and oxygen atoms in total. The van der Waals surface area contributed by atoms with E-state index in [2.05, 4.69) is 17.1 Å². The lowest BCUT2D eigenvalue weighted by atomic mass is 10.2. The van der Waals surface area contributed by atoms with E-state index in [0.717, 1.165) is 39.0 Å². The summed E-state index contributed by atoms with van der Waals surface area (Å²) in [7, 11) is 2.13. The van der Waals surface area contributed by atoms with Crippen molar-refractivity contribution in [2.24, 2.45) is 10.9 Å². The zero-order valence-corrected chi connectivity index (χ0v) is 9.35. The first-order valence-corrected chi connectivity index (χ1v) is 5.48. The smallest absolute Gasteiger partial charge is 0.139 e. The van der Waals surface area contributed by atoms with Crippen LogP contribution in [0.2, 0.25) is 0 Å². The van der Waals surface area contributed by atoms with Crippen LogP contribution in [0.4, 0.5) is 0 Å². The molecule has 1 unspecified atom stereocenters. The summed E-state index contributed by atoms with van der Waals surface area (Å²) >= 11 is 0. The Morgan fingerprint density at radius 2 is 2.40 bits per heavy atom. The molecule has 1 fully saturated rings. The van der Waals surface area contributed by atoms with Gasteiger partial charge >= 0.3 is 0 Å². The number of unbranched alkanes of at least 4 members (excludes halogenated alkanes) is 1. The van der Waals surface area contributed by atoms with E-state index in [4.69, 9.17) is 15.7 Å². The third-order valence-electron chi connectivity index (χ3n) is 2.85. The summed E-state index contributed by atoms with van der Waals surface area (Å²) in [6.45, 7) is 2.79. The van der Waals surface area contributed by atoms with E-state index in [9.17, 15) is 0 Å². The van der Waals surface area contributed by atoms with Gasteiger partial charge in [0, 0.05) is 19.1 Å². The molecule has 1 aliphatic heterocycles. The van der Waals surface area contributed by atoms with Crippen molar-refractivity contribution in [2.45, 2.75) is 31.7 Å². The second-order valence-corrected chi connectivity index (χ2v) is 4.05. The average molecular weight is 215 g/mol. The summed E-state index contributed by atoms with van der Waals surface area (Å²) in [5, 5.41) is 11.3. The summed E-state index contributed by atoms with van der Waals surface area (Å²) in [6.07, 6.45) is 3.85. The van der Waals surface area contributed by atoms with Crippen molar-refractivity contribution in [2.75, 3.05) is 26.8 Å². The van der Waals surface area contributed by atoms with E-state index in [1.54, 1.807) is 0 Å². The molecule has 0 bridgehead atoms. The monoisotopic (exact) mass is 215 g/mol. The Morgan fingerprint density at radius 3 is 3.00 bits per heavy atom. The molecule has 3 N–H and O–H groups in total. The van der Waals surface area contributed by atoms with Crippen molar-refractivity contribution in [1.29, 1.82) is 0 Å². The number of hydrogen-bond donors (Lipinski definition) is 2. The van der Waals surface area contributed by atoms with E-state index >= 15 is 0 Å². The highest BCUT2D eigenvalue weighted by molar-refractivity contribution is 5.79. The fourth-order valence-electron chi connectivity index (χ4n) is 1.77. The Hall–Kier alpha value is -0.810. The highest BCUT2D eigenvalue weighted by Gasteiger charge is 2.19. The van der Waals surface area contributed by atoms with Gasteiger partial charge in [-0.25, -0.2) is 0 Å². The quantitative estimate of drug-likeness (QED) is 0.224. The van der Waals surface area contributed by atoms with Crippen molar-refractivity contribution < 1.29 is 9.94 Å². The molecule has 1 rings (SSSR count). The van der Waals surface area contributed by atoms with Gasteiger partial charge < -0.3 is 20.6 Å². The minimum atomic E-state index is 0.321. The molecule has 0 aromatic carbocycles. The number of nitrogens with zero attached hydrogens (tertiary/aromatic N) is 2. The van der Waals surface area contributed by atoms with Crippen molar-refractivity contribution >= 4 is 5.84 Å². The SMILES string of the molecule is CN(CCCCC(N)=NO)C1CCOC1. The molecule has 0 radical (unpaired) electrons. The molecule has 1 heterocycles. The summed E-state index contributed by atoms with van der Waals surface area (Å²) in [4.78, 5) is 2.33. The molecule has 5 heteroatoms. The number of oxime groups is 1. The maximum absolute atomic E-state index is 8.35. The second-order valence-electron chi connectivity index (χ2n) is 4.05. The molecule has 0 saturated carbocycles. The molecule has 1 atom stereocenters. The summed E-state index contributed by atoms with van der Waals surface area (Å²) in [5.41, 5.74) is 5.38. The Balaban J connectivity index is 2.04. The van der Waals surface area contributed by atoms with Crippen LogP contribution in [0, 0.1) is 0 Å². The Morgan fingerprint density at radius 1 is 1.60 bits per heavy atom. The lowest BCUT2D eigenvalue weighted by Crippen LogP contribution is -2.32. The number of hydrogen-bond acceptors (Lipinski definition) is 4. The summed E-state index contributed by atoms with van der Waals surface area (Å²) < 4.78 is 5.33. The zero-order chi connectivity index (χ0) is 11.1. The Bertz CT molecular complexity index is 203. The molecule has 0 aromatic heterocycles. The van der Waals surface area contributed by atoms with Gasteiger partial charge in [0.25, 0.3) is 0 Å². The highest BCUT2D eigenvalue weighted by Crippen LogP contribution is 2.11. The average Bonchev–Trinajstić information content (AvgIpc) is 2.77. The highest BCUT2D eigenvalue weighted by atomic mass is 16.5. The van der Waals surface area contributed by atoms with Gasteiger partial charge in [0.05, 0.1) is 6.61 Å². The minimum Gasteiger partial charge on any atom is -0.409 e. The first-order valence-electron chi connectivity index (χ1n) is 5.48. The van der Waals surface area contributed by atoms with Crippen LogP contribution >= 0.6 is 0 Å². The molecule has 15 heavy (non-hydrogen) atoms. The van der Waals surface area contributed by atoms with Crippen LogP contribution in [0.3, 0.4) is 0 Å². The number of ether oxygens (including phenoxy) is 1. The van der Waals surface area contributed by atoms with Crippen LogP contribution in [0.1, 0.15) is 25.7 Å². The van der Waals surface area contributed by atoms with Crippen LogP contribution in [0.15, 0.2) is 5.16 Å². The van der Waals surface area contributed by atoms with Crippen molar-refractivity contribution in [1.82, 2.24) is 4.90 Å². The van der Waals surface area contributed by atoms with E-state index in [0.29, 0.717) is 18.3 Å². The van der Waals surface area contributed by atoms with Crippen molar-refractivity contribution in [3.63, 3.8) is 0 Å². The predicted octanol–water partition coefficient (Wildman–Crippen LogP) is 0.624. The number of amidine groups is 1. The van der Waals surface area contributed by atoms with E-state index in [1.807, 2.05) is 0 Å². The number of likely N-dealkylation sites (N-methyl/N-ethyl adjacent to an activating group) is 1. The lowest BCUT2D eigenvalue weighted by Gasteiger charge is -2.22. The van der Waals surface area contributed by atoms with Gasteiger partial charge in [0.15, 0.2) is 0 Å². The first-order chi connectivity index (χ1) is 7.24.